The molecule has 0 aromatic rings. The fourth-order valence-corrected chi connectivity index (χ4v) is 2.89. The van der Waals surface area contributed by atoms with Crippen LogP contribution in [0.5, 0.6) is 0 Å². The molecule has 1 amide bonds. The summed E-state index contributed by atoms with van der Waals surface area (Å²) in [4.78, 5) is 12.5. The largest absolute Gasteiger partial charge is 0.355 e. The second-order valence-electron chi connectivity index (χ2n) is 7.64. The Morgan fingerprint density at radius 1 is 1.37 bits per heavy atom. The van der Waals surface area contributed by atoms with Gasteiger partial charge >= 0.3 is 0 Å². The minimum absolute atomic E-state index is 0.0158. The van der Waals surface area contributed by atoms with Gasteiger partial charge in [0.1, 0.15) is 0 Å². The van der Waals surface area contributed by atoms with Crippen molar-refractivity contribution in [3.63, 3.8) is 0 Å². The van der Waals surface area contributed by atoms with Crippen LogP contribution in [0.1, 0.15) is 60.8 Å². The van der Waals surface area contributed by atoms with Crippen molar-refractivity contribution in [2.75, 3.05) is 6.54 Å². The lowest BCUT2D eigenvalue weighted by Gasteiger charge is -2.46. The first-order valence-corrected chi connectivity index (χ1v) is 7.65. The van der Waals surface area contributed by atoms with Crippen molar-refractivity contribution in [1.82, 2.24) is 5.32 Å². The summed E-state index contributed by atoms with van der Waals surface area (Å²) >= 11 is 0. The molecule has 3 atom stereocenters. The third-order valence-corrected chi connectivity index (χ3v) is 5.52. The van der Waals surface area contributed by atoms with Gasteiger partial charge in [0.25, 0.3) is 0 Å². The van der Waals surface area contributed by atoms with E-state index in [1.54, 1.807) is 0 Å². The molecule has 0 saturated heterocycles. The molecule has 112 valence electrons. The van der Waals surface area contributed by atoms with E-state index in [-0.39, 0.29) is 28.7 Å². The van der Waals surface area contributed by atoms with E-state index >= 15 is 0 Å². The molecule has 3 nitrogen and oxygen atoms in total. The molecule has 3 unspecified atom stereocenters. The molecule has 0 radical (unpaired) electrons. The van der Waals surface area contributed by atoms with Gasteiger partial charge in [-0.1, -0.05) is 41.5 Å². The van der Waals surface area contributed by atoms with Gasteiger partial charge in [-0.25, -0.2) is 0 Å². The first kappa shape index (κ1) is 16.5. The molecule has 1 saturated carbocycles. The Morgan fingerprint density at radius 3 is 2.47 bits per heavy atom. The molecule has 1 aliphatic rings. The first-order chi connectivity index (χ1) is 8.62. The number of rotatable bonds is 4. The van der Waals surface area contributed by atoms with Crippen molar-refractivity contribution < 1.29 is 4.79 Å². The summed E-state index contributed by atoms with van der Waals surface area (Å²) in [7, 11) is 0. The highest BCUT2D eigenvalue weighted by Gasteiger charge is 2.45. The van der Waals surface area contributed by atoms with Crippen LogP contribution >= 0.6 is 0 Å². The highest BCUT2D eigenvalue weighted by molar-refractivity contribution is 5.79. The van der Waals surface area contributed by atoms with Crippen LogP contribution in [-0.4, -0.2) is 18.5 Å². The van der Waals surface area contributed by atoms with Gasteiger partial charge < -0.3 is 11.1 Å². The Kier molecular flexibility index (Phi) is 5.05. The van der Waals surface area contributed by atoms with Gasteiger partial charge in [0.15, 0.2) is 0 Å². The predicted octanol–water partition coefficient (Wildman–Crippen LogP) is 2.94. The van der Waals surface area contributed by atoms with Gasteiger partial charge in [-0.2, -0.15) is 0 Å². The topological polar surface area (TPSA) is 55.1 Å². The second-order valence-corrected chi connectivity index (χ2v) is 7.64. The zero-order valence-corrected chi connectivity index (χ0v) is 13.5. The summed E-state index contributed by atoms with van der Waals surface area (Å²) in [6, 6.07) is 0.228. The van der Waals surface area contributed by atoms with Crippen molar-refractivity contribution in [3.05, 3.63) is 0 Å². The summed E-state index contributed by atoms with van der Waals surface area (Å²) in [6.45, 7) is 13.9. The van der Waals surface area contributed by atoms with E-state index in [0.29, 0.717) is 5.92 Å². The molecule has 19 heavy (non-hydrogen) atoms. The van der Waals surface area contributed by atoms with E-state index in [4.69, 9.17) is 5.73 Å². The molecule has 1 aliphatic carbocycles. The van der Waals surface area contributed by atoms with Gasteiger partial charge in [-0.05, 0) is 36.0 Å². The number of nitrogens with one attached hydrogen (secondary N) is 1. The molecule has 0 spiro atoms. The Labute approximate surface area is 118 Å². The molecule has 3 N–H and O–H groups in total. The van der Waals surface area contributed by atoms with Crippen LogP contribution < -0.4 is 11.1 Å². The zero-order valence-electron chi connectivity index (χ0n) is 13.5. The van der Waals surface area contributed by atoms with E-state index in [1.807, 2.05) is 0 Å². The van der Waals surface area contributed by atoms with Crippen LogP contribution in [0, 0.1) is 22.7 Å². The van der Waals surface area contributed by atoms with E-state index < -0.39 is 0 Å². The second kappa shape index (κ2) is 5.82. The normalized spacial score (nSPS) is 31.0. The van der Waals surface area contributed by atoms with Gasteiger partial charge in [-0.3, -0.25) is 4.79 Å². The number of amides is 1. The number of carbonyl (C=O) groups is 1. The molecule has 1 rings (SSSR count). The lowest BCUT2D eigenvalue weighted by Crippen LogP contribution is -2.52. The third kappa shape index (κ3) is 3.71. The molecule has 3 heteroatoms. The van der Waals surface area contributed by atoms with Crippen LogP contribution in [-0.2, 0) is 4.79 Å². The minimum atomic E-state index is -0.0158. The smallest absolute Gasteiger partial charge is 0.223 e. The van der Waals surface area contributed by atoms with Gasteiger partial charge in [0, 0.05) is 18.5 Å². The maximum absolute atomic E-state index is 12.5. The van der Waals surface area contributed by atoms with Gasteiger partial charge in [-0.15, -0.1) is 0 Å². The number of nitrogens with two attached hydrogens (primary N) is 1. The summed E-state index contributed by atoms with van der Waals surface area (Å²) < 4.78 is 0. The standard InChI is InChI=1S/C16H32N2O/c1-7-15(3,4)10-18-14(19)12-8-9-13(17)11(2)16(12,5)6/h11-13H,7-10,17H2,1-6H3,(H,18,19). The van der Waals surface area contributed by atoms with E-state index in [1.165, 1.54) is 0 Å². The van der Waals surface area contributed by atoms with Crippen molar-refractivity contribution in [2.24, 2.45) is 28.4 Å². The Balaban J connectivity index is 2.67. The van der Waals surface area contributed by atoms with Crippen LogP contribution in [0.3, 0.4) is 0 Å². The SMILES string of the molecule is CCC(C)(C)CNC(=O)C1CCC(N)C(C)C1(C)C. The average molecular weight is 268 g/mol. The monoisotopic (exact) mass is 268 g/mol. The molecular formula is C16H32N2O. The zero-order chi connectivity index (χ0) is 14.8. The van der Waals surface area contributed by atoms with Crippen LogP contribution in [0.15, 0.2) is 0 Å². The Bertz CT molecular complexity index is 323. The van der Waals surface area contributed by atoms with Crippen molar-refractivity contribution in [2.45, 2.75) is 66.8 Å². The van der Waals surface area contributed by atoms with Crippen LogP contribution in [0.2, 0.25) is 0 Å². The third-order valence-electron chi connectivity index (χ3n) is 5.52. The molecular weight excluding hydrogens is 236 g/mol. The highest BCUT2D eigenvalue weighted by atomic mass is 16.1. The molecule has 0 aromatic carbocycles. The maximum Gasteiger partial charge on any atom is 0.223 e. The first-order valence-electron chi connectivity index (χ1n) is 7.65. The van der Waals surface area contributed by atoms with E-state index in [0.717, 1.165) is 25.8 Å². The molecule has 0 heterocycles. The maximum atomic E-state index is 12.5. The lowest BCUT2D eigenvalue weighted by molar-refractivity contribution is -0.132. The van der Waals surface area contributed by atoms with Crippen LogP contribution in [0.4, 0.5) is 0 Å². The van der Waals surface area contributed by atoms with Crippen molar-refractivity contribution in [1.29, 1.82) is 0 Å². The average Bonchev–Trinajstić information content (AvgIpc) is 2.33. The van der Waals surface area contributed by atoms with E-state index in [9.17, 15) is 4.79 Å². The van der Waals surface area contributed by atoms with Crippen LogP contribution in [0.25, 0.3) is 0 Å². The molecule has 0 bridgehead atoms. The summed E-state index contributed by atoms with van der Waals surface area (Å²) in [5.41, 5.74) is 6.31. The van der Waals surface area contributed by atoms with E-state index in [2.05, 4.69) is 46.9 Å². The summed E-state index contributed by atoms with van der Waals surface area (Å²) in [5.74, 6) is 0.691. The lowest BCUT2D eigenvalue weighted by atomic mass is 9.61. The predicted molar refractivity (Wildman–Crippen MR) is 80.7 cm³/mol. The molecule has 1 fully saturated rings. The minimum Gasteiger partial charge on any atom is -0.355 e. The quantitative estimate of drug-likeness (QED) is 0.823. The van der Waals surface area contributed by atoms with Crippen molar-refractivity contribution in [3.8, 4) is 0 Å². The highest BCUT2D eigenvalue weighted by Crippen LogP contribution is 2.44. The molecule has 0 aliphatic heterocycles. The fourth-order valence-electron chi connectivity index (χ4n) is 2.89. The summed E-state index contributed by atoms with van der Waals surface area (Å²) in [6.07, 6.45) is 2.94. The Hall–Kier alpha value is -0.570. The number of hydrogen-bond donors (Lipinski definition) is 2. The van der Waals surface area contributed by atoms with Gasteiger partial charge in [0.2, 0.25) is 5.91 Å². The van der Waals surface area contributed by atoms with Gasteiger partial charge in [0.05, 0.1) is 0 Å². The van der Waals surface area contributed by atoms with Crippen molar-refractivity contribution >= 4 is 5.91 Å². The fraction of sp³-hybridized carbons (Fsp3) is 0.938. The Morgan fingerprint density at radius 2 is 1.95 bits per heavy atom. The number of carbonyl (C=O) groups excluding carboxylic acids is 1. The molecule has 0 aromatic heterocycles. The number of hydrogen-bond acceptors (Lipinski definition) is 2. The summed E-state index contributed by atoms with van der Waals surface area (Å²) in [5, 5.41) is 3.15.